The Morgan fingerprint density at radius 2 is 1.10 bits per heavy atom. The summed E-state index contributed by atoms with van der Waals surface area (Å²) in [5.74, 6) is 0.580. The maximum absolute atomic E-state index is 6.35. The van der Waals surface area contributed by atoms with Crippen LogP contribution in [0.2, 0.25) is 0 Å². The zero-order valence-corrected chi connectivity index (χ0v) is 28.6. The van der Waals surface area contributed by atoms with Gasteiger partial charge in [0.2, 0.25) is 5.89 Å². The Kier molecular flexibility index (Phi) is 6.39. The second-order valence-corrected chi connectivity index (χ2v) is 14.2. The molecule has 11 rings (SSSR count). The van der Waals surface area contributed by atoms with Gasteiger partial charge in [-0.3, -0.25) is 0 Å². The average molecular weight is 685 g/mol. The Morgan fingerprint density at radius 3 is 1.94 bits per heavy atom. The summed E-state index contributed by atoms with van der Waals surface area (Å²) < 4.78 is 15.0. The molecule has 0 amide bonds. The molecule has 244 valence electrons. The molecule has 0 aliphatic rings. The molecule has 4 nitrogen and oxygen atoms in total. The van der Waals surface area contributed by atoms with Gasteiger partial charge in [0.05, 0.1) is 5.39 Å². The summed E-state index contributed by atoms with van der Waals surface area (Å²) in [5, 5.41) is 7.05. The first kappa shape index (κ1) is 29.1. The smallest absolute Gasteiger partial charge is 0.227 e. The van der Waals surface area contributed by atoms with Crippen LogP contribution in [0.25, 0.3) is 86.6 Å². The van der Waals surface area contributed by atoms with Crippen LogP contribution in [0.4, 0.5) is 17.1 Å². The number of hydrogen-bond donors (Lipinski definition) is 0. The van der Waals surface area contributed by atoms with Crippen LogP contribution in [0.15, 0.2) is 179 Å². The molecule has 3 heterocycles. The van der Waals surface area contributed by atoms with Crippen LogP contribution in [0.5, 0.6) is 0 Å². The predicted molar refractivity (Wildman–Crippen MR) is 217 cm³/mol. The minimum Gasteiger partial charge on any atom is -0.456 e. The molecule has 0 unspecified atom stereocenters. The third-order valence-corrected chi connectivity index (χ3v) is 11.3. The zero-order chi connectivity index (χ0) is 34.2. The normalized spacial score (nSPS) is 11.8. The monoisotopic (exact) mass is 684 g/mol. The summed E-state index contributed by atoms with van der Waals surface area (Å²) in [6.45, 7) is 0. The number of hydrogen-bond acceptors (Lipinski definition) is 5. The molecular formula is C47H28N2O2S. The Balaban J connectivity index is 1.03. The van der Waals surface area contributed by atoms with E-state index in [1.807, 2.05) is 41.7 Å². The van der Waals surface area contributed by atoms with Gasteiger partial charge in [0, 0.05) is 48.2 Å². The van der Waals surface area contributed by atoms with Gasteiger partial charge in [-0.2, -0.15) is 0 Å². The van der Waals surface area contributed by atoms with Crippen LogP contribution in [0, 0.1) is 0 Å². The van der Waals surface area contributed by atoms with E-state index in [2.05, 4.69) is 144 Å². The molecule has 5 heteroatoms. The number of aromatic nitrogens is 1. The third-order valence-electron chi connectivity index (χ3n) is 10.1. The molecule has 0 spiro atoms. The number of anilines is 3. The standard InChI is InChI=1S/C47H28N2O2S/c1-2-10-35-29(8-1)9-7-13-36(35)30-16-20-32(21-17-30)49(34-24-27-44-39(28-34)37-11-4-6-15-43(37)52-44)33-22-18-31(19-23-33)47-48-46-42(51-47)26-25-41-45(46)38-12-3-5-14-40(38)50-41/h1-28H. The first-order valence-electron chi connectivity index (χ1n) is 17.4. The quantitative estimate of drug-likeness (QED) is 0.181. The number of thiophene rings is 1. The number of oxazole rings is 1. The van der Waals surface area contributed by atoms with E-state index in [1.165, 1.54) is 42.1 Å². The summed E-state index contributed by atoms with van der Waals surface area (Å²) in [5.41, 5.74) is 9.74. The van der Waals surface area contributed by atoms with Crippen LogP contribution in [0.3, 0.4) is 0 Å². The van der Waals surface area contributed by atoms with Crippen LogP contribution >= 0.6 is 11.3 Å². The highest BCUT2D eigenvalue weighted by Crippen LogP contribution is 2.42. The molecule has 0 saturated carbocycles. The second kappa shape index (κ2) is 11.4. The van der Waals surface area contributed by atoms with E-state index in [0.29, 0.717) is 5.89 Å². The van der Waals surface area contributed by atoms with Crippen molar-refractivity contribution in [3.05, 3.63) is 170 Å². The van der Waals surface area contributed by atoms with E-state index in [1.54, 1.807) is 0 Å². The molecule has 0 aliphatic carbocycles. The van der Waals surface area contributed by atoms with E-state index in [4.69, 9.17) is 13.8 Å². The number of rotatable bonds is 5. The van der Waals surface area contributed by atoms with Crippen molar-refractivity contribution in [2.45, 2.75) is 0 Å². The maximum atomic E-state index is 6.35. The predicted octanol–water partition coefficient (Wildman–Crippen LogP) is 14.1. The fourth-order valence-corrected chi connectivity index (χ4v) is 8.73. The molecule has 0 fully saturated rings. The van der Waals surface area contributed by atoms with Gasteiger partial charge >= 0.3 is 0 Å². The molecule has 0 bridgehead atoms. The molecule has 0 radical (unpaired) electrons. The Labute approximate surface area is 302 Å². The first-order chi connectivity index (χ1) is 25.7. The molecule has 11 aromatic rings. The average Bonchev–Trinajstić information content (AvgIpc) is 3.92. The zero-order valence-electron chi connectivity index (χ0n) is 27.8. The lowest BCUT2D eigenvalue weighted by Crippen LogP contribution is -2.09. The van der Waals surface area contributed by atoms with Gasteiger partial charge in [-0.25, -0.2) is 4.98 Å². The molecule has 0 saturated heterocycles. The van der Waals surface area contributed by atoms with E-state index in [0.717, 1.165) is 55.7 Å². The summed E-state index contributed by atoms with van der Waals surface area (Å²) in [6.07, 6.45) is 0. The van der Waals surface area contributed by atoms with Gasteiger partial charge in [-0.1, -0.05) is 91.0 Å². The number of nitrogens with zero attached hydrogens (tertiary/aromatic N) is 2. The molecule has 0 atom stereocenters. The summed E-state index contributed by atoms with van der Waals surface area (Å²) in [7, 11) is 0. The van der Waals surface area contributed by atoms with E-state index < -0.39 is 0 Å². The largest absolute Gasteiger partial charge is 0.456 e. The third kappa shape index (κ3) is 4.57. The number of para-hydroxylation sites is 1. The molecule has 3 aromatic heterocycles. The van der Waals surface area contributed by atoms with Crippen LogP contribution in [-0.4, -0.2) is 4.98 Å². The number of fused-ring (bicyclic) bond motifs is 9. The summed E-state index contributed by atoms with van der Waals surface area (Å²) in [4.78, 5) is 7.33. The van der Waals surface area contributed by atoms with Crippen molar-refractivity contribution in [2.24, 2.45) is 0 Å². The van der Waals surface area contributed by atoms with Gasteiger partial charge in [0.15, 0.2) is 5.58 Å². The molecular weight excluding hydrogens is 657 g/mol. The van der Waals surface area contributed by atoms with Crippen molar-refractivity contribution in [3.63, 3.8) is 0 Å². The van der Waals surface area contributed by atoms with Gasteiger partial charge in [-0.05, 0) is 101 Å². The molecule has 52 heavy (non-hydrogen) atoms. The number of benzene rings is 8. The highest BCUT2D eigenvalue weighted by atomic mass is 32.1. The van der Waals surface area contributed by atoms with Gasteiger partial charge in [0.1, 0.15) is 16.7 Å². The van der Waals surface area contributed by atoms with E-state index >= 15 is 0 Å². The molecule has 0 N–H and O–H groups in total. The fraction of sp³-hybridized carbons (Fsp3) is 0. The Hall–Kier alpha value is -6.69. The number of furan rings is 1. The van der Waals surface area contributed by atoms with Crippen LogP contribution in [0.1, 0.15) is 0 Å². The summed E-state index contributed by atoms with van der Waals surface area (Å²) >= 11 is 1.84. The van der Waals surface area contributed by atoms with Crippen molar-refractivity contribution in [1.82, 2.24) is 4.98 Å². The molecule has 8 aromatic carbocycles. The lowest BCUT2D eigenvalue weighted by atomic mass is 9.98. The van der Waals surface area contributed by atoms with Gasteiger partial charge < -0.3 is 13.7 Å². The van der Waals surface area contributed by atoms with Gasteiger partial charge in [-0.15, -0.1) is 11.3 Å². The van der Waals surface area contributed by atoms with E-state index in [9.17, 15) is 0 Å². The van der Waals surface area contributed by atoms with Crippen molar-refractivity contribution < 1.29 is 8.83 Å². The highest BCUT2D eigenvalue weighted by Gasteiger charge is 2.19. The topological polar surface area (TPSA) is 42.4 Å². The Bertz CT molecular complexity index is 3130. The maximum Gasteiger partial charge on any atom is 0.227 e. The fourth-order valence-electron chi connectivity index (χ4n) is 7.65. The van der Waals surface area contributed by atoms with E-state index in [-0.39, 0.29) is 0 Å². The Morgan fingerprint density at radius 1 is 0.442 bits per heavy atom. The van der Waals surface area contributed by atoms with Crippen LogP contribution in [-0.2, 0) is 0 Å². The van der Waals surface area contributed by atoms with Crippen molar-refractivity contribution >= 4 is 92.4 Å². The highest BCUT2D eigenvalue weighted by molar-refractivity contribution is 7.25. The van der Waals surface area contributed by atoms with Crippen molar-refractivity contribution in [3.8, 4) is 22.6 Å². The lowest BCUT2D eigenvalue weighted by Gasteiger charge is -2.26. The lowest BCUT2D eigenvalue weighted by molar-refractivity contribution is 0.619. The minimum atomic E-state index is 0.580. The van der Waals surface area contributed by atoms with Crippen molar-refractivity contribution in [1.29, 1.82) is 0 Å². The summed E-state index contributed by atoms with van der Waals surface area (Å²) in [6, 6.07) is 59.9. The van der Waals surface area contributed by atoms with Gasteiger partial charge in [0.25, 0.3) is 0 Å². The van der Waals surface area contributed by atoms with Crippen LogP contribution < -0.4 is 4.90 Å². The SMILES string of the molecule is c1ccc2c(-c3ccc(N(c4ccc(-c5nc6c(ccc7oc8ccccc8c76)o5)cc4)c4ccc5sc6ccccc6c5c4)cc3)cccc2c1. The first-order valence-corrected chi connectivity index (χ1v) is 18.2. The van der Waals surface area contributed by atoms with Crippen molar-refractivity contribution in [2.75, 3.05) is 4.90 Å². The minimum absolute atomic E-state index is 0.580. The molecule has 0 aliphatic heterocycles. The second-order valence-electron chi connectivity index (χ2n) is 13.1.